The van der Waals surface area contributed by atoms with Gasteiger partial charge in [-0.2, -0.15) is 0 Å². The molecule has 116 valence electrons. The van der Waals surface area contributed by atoms with Crippen molar-refractivity contribution in [1.29, 1.82) is 0 Å². The molecular formula is C17H19ClN2OS. The molecule has 1 heterocycles. The maximum absolute atomic E-state index is 6.28. The number of halogens is 1. The van der Waals surface area contributed by atoms with Crippen molar-refractivity contribution in [2.24, 2.45) is 0 Å². The highest BCUT2D eigenvalue weighted by atomic mass is 35.5. The van der Waals surface area contributed by atoms with Crippen LogP contribution in [0.4, 0.5) is 0 Å². The third-order valence-electron chi connectivity index (χ3n) is 3.42. The summed E-state index contributed by atoms with van der Waals surface area (Å²) in [7, 11) is 1.96. The van der Waals surface area contributed by atoms with Crippen LogP contribution in [-0.4, -0.2) is 18.6 Å². The number of para-hydroxylation sites is 1. The molecular weight excluding hydrogens is 316 g/mol. The zero-order valence-electron chi connectivity index (χ0n) is 12.4. The maximum Gasteiger partial charge on any atom is 0.147 e. The van der Waals surface area contributed by atoms with Crippen LogP contribution in [0.3, 0.4) is 0 Å². The molecule has 2 aromatic carbocycles. The molecule has 0 spiro atoms. The molecule has 0 saturated heterocycles. The highest BCUT2D eigenvalue weighted by molar-refractivity contribution is 7.16. The van der Waals surface area contributed by atoms with E-state index in [0.29, 0.717) is 0 Å². The third kappa shape index (κ3) is 3.77. The summed E-state index contributed by atoms with van der Waals surface area (Å²) in [5.41, 5.74) is 4.01. The second-order valence-corrected chi connectivity index (χ2v) is 5.75. The van der Waals surface area contributed by atoms with E-state index in [1.807, 2.05) is 30.8 Å². The van der Waals surface area contributed by atoms with Gasteiger partial charge in [0.15, 0.2) is 0 Å². The van der Waals surface area contributed by atoms with Crippen molar-refractivity contribution in [3.8, 4) is 5.75 Å². The van der Waals surface area contributed by atoms with E-state index in [1.54, 1.807) is 11.3 Å². The molecule has 0 amide bonds. The lowest BCUT2D eigenvalue weighted by atomic mass is 10.1. The number of ether oxygens (including phenoxy) is 1. The molecule has 0 unspecified atom stereocenters. The van der Waals surface area contributed by atoms with Gasteiger partial charge in [-0.15, -0.1) is 23.7 Å². The monoisotopic (exact) mass is 334 g/mol. The average Bonchev–Trinajstić information content (AvgIpc) is 3.01. The summed E-state index contributed by atoms with van der Waals surface area (Å²) >= 11 is 1.64. The van der Waals surface area contributed by atoms with Crippen LogP contribution in [0.15, 0.2) is 54.0 Å². The summed E-state index contributed by atoms with van der Waals surface area (Å²) in [6.45, 7) is 0.909. The zero-order chi connectivity index (χ0) is 14.5. The number of nitrogens with zero attached hydrogens (tertiary/aromatic N) is 1. The number of hydrogen-bond acceptors (Lipinski definition) is 4. The standard InChI is InChI=1S/C17H18N2OS.ClH/c1-18-11-10-14(13-6-3-2-4-7-13)20-15-8-5-9-16-17(15)19-12-21-16;/h2-9,12,14,18H,10-11H2,1H3;1H/t14-;/m1./s1. The van der Waals surface area contributed by atoms with E-state index in [-0.39, 0.29) is 18.5 Å². The average molecular weight is 335 g/mol. The third-order valence-corrected chi connectivity index (χ3v) is 4.21. The van der Waals surface area contributed by atoms with E-state index in [4.69, 9.17) is 4.74 Å². The Hall–Kier alpha value is -1.62. The quantitative estimate of drug-likeness (QED) is 0.723. The first-order chi connectivity index (χ1) is 10.4. The molecule has 0 fully saturated rings. The number of thiazole rings is 1. The van der Waals surface area contributed by atoms with E-state index in [9.17, 15) is 0 Å². The largest absolute Gasteiger partial charge is 0.483 e. The highest BCUT2D eigenvalue weighted by Crippen LogP contribution is 2.31. The molecule has 0 radical (unpaired) electrons. The minimum Gasteiger partial charge on any atom is -0.483 e. The molecule has 3 nitrogen and oxygen atoms in total. The van der Waals surface area contributed by atoms with Gasteiger partial charge >= 0.3 is 0 Å². The Bertz CT molecular complexity index is 702. The predicted octanol–water partition coefficient (Wildman–Crippen LogP) is 4.45. The van der Waals surface area contributed by atoms with Crippen molar-refractivity contribution in [2.45, 2.75) is 12.5 Å². The maximum atomic E-state index is 6.28. The van der Waals surface area contributed by atoms with Gasteiger partial charge in [0.2, 0.25) is 0 Å². The van der Waals surface area contributed by atoms with Crippen molar-refractivity contribution in [3.05, 3.63) is 59.6 Å². The molecule has 5 heteroatoms. The van der Waals surface area contributed by atoms with Crippen LogP contribution in [-0.2, 0) is 0 Å². The fourth-order valence-electron chi connectivity index (χ4n) is 2.35. The number of nitrogens with one attached hydrogen (secondary N) is 1. The number of rotatable bonds is 6. The summed E-state index contributed by atoms with van der Waals surface area (Å²) < 4.78 is 7.44. The van der Waals surface area contributed by atoms with Crippen LogP contribution in [0, 0.1) is 0 Å². The van der Waals surface area contributed by atoms with E-state index < -0.39 is 0 Å². The van der Waals surface area contributed by atoms with E-state index in [0.717, 1.165) is 28.9 Å². The molecule has 3 aromatic rings. The predicted molar refractivity (Wildman–Crippen MR) is 95.2 cm³/mol. The van der Waals surface area contributed by atoms with Crippen molar-refractivity contribution >= 4 is 34.0 Å². The van der Waals surface area contributed by atoms with Crippen molar-refractivity contribution in [3.63, 3.8) is 0 Å². The normalized spacial score (nSPS) is 11.9. The first kappa shape index (κ1) is 16.7. The molecule has 0 aliphatic rings. The number of benzene rings is 2. The van der Waals surface area contributed by atoms with Gasteiger partial charge in [0, 0.05) is 6.42 Å². The van der Waals surface area contributed by atoms with Gasteiger partial charge in [0.25, 0.3) is 0 Å². The summed E-state index contributed by atoms with van der Waals surface area (Å²) in [6, 6.07) is 16.4. The van der Waals surface area contributed by atoms with E-state index in [2.05, 4.69) is 40.6 Å². The highest BCUT2D eigenvalue weighted by Gasteiger charge is 2.15. The minimum absolute atomic E-state index is 0. The van der Waals surface area contributed by atoms with Crippen LogP contribution in [0.25, 0.3) is 10.2 Å². The first-order valence-corrected chi connectivity index (χ1v) is 7.95. The summed E-state index contributed by atoms with van der Waals surface area (Å²) in [6.07, 6.45) is 0.951. The fraction of sp³-hybridized carbons (Fsp3) is 0.235. The van der Waals surface area contributed by atoms with E-state index >= 15 is 0 Å². The van der Waals surface area contributed by atoms with Crippen molar-refractivity contribution < 1.29 is 4.74 Å². The lowest BCUT2D eigenvalue weighted by molar-refractivity contribution is 0.197. The Morgan fingerprint density at radius 2 is 1.95 bits per heavy atom. The fourth-order valence-corrected chi connectivity index (χ4v) is 3.04. The Morgan fingerprint density at radius 3 is 2.73 bits per heavy atom. The van der Waals surface area contributed by atoms with Gasteiger partial charge in [-0.25, -0.2) is 4.98 Å². The van der Waals surface area contributed by atoms with E-state index in [1.165, 1.54) is 5.56 Å². The van der Waals surface area contributed by atoms with Gasteiger partial charge in [-0.05, 0) is 31.3 Å². The van der Waals surface area contributed by atoms with Gasteiger partial charge in [0.05, 0.1) is 10.2 Å². The number of hydrogen-bond donors (Lipinski definition) is 1. The second kappa shape index (κ2) is 8.13. The molecule has 0 saturated carbocycles. The topological polar surface area (TPSA) is 34.1 Å². The van der Waals surface area contributed by atoms with Crippen LogP contribution >= 0.6 is 23.7 Å². The Balaban J connectivity index is 0.00000176. The van der Waals surface area contributed by atoms with Gasteiger partial charge in [-0.1, -0.05) is 36.4 Å². The lowest BCUT2D eigenvalue weighted by Crippen LogP contribution is -2.16. The molecule has 1 N–H and O–H groups in total. The van der Waals surface area contributed by atoms with Crippen LogP contribution in [0.5, 0.6) is 5.75 Å². The SMILES string of the molecule is CNCC[C@@H](Oc1cccc2scnc12)c1ccccc1.Cl. The van der Waals surface area contributed by atoms with Crippen LogP contribution in [0.1, 0.15) is 18.1 Å². The molecule has 1 aromatic heterocycles. The summed E-state index contributed by atoms with van der Waals surface area (Å²) in [5.74, 6) is 0.860. The number of aromatic nitrogens is 1. The molecule has 0 bridgehead atoms. The number of fused-ring (bicyclic) bond motifs is 1. The summed E-state index contributed by atoms with van der Waals surface area (Å²) in [5, 5.41) is 3.19. The Labute approximate surface area is 140 Å². The Kier molecular flexibility index (Phi) is 6.19. The van der Waals surface area contributed by atoms with Gasteiger partial charge in [0.1, 0.15) is 17.4 Å². The zero-order valence-corrected chi connectivity index (χ0v) is 14.0. The van der Waals surface area contributed by atoms with Crippen molar-refractivity contribution in [2.75, 3.05) is 13.6 Å². The van der Waals surface area contributed by atoms with Crippen LogP contribution < -0.4 is 10.1 Å². The van der Waals surface area contributed by atoms with Crippen molar-refractivity contribution in [1.82, 2.24) is 10.3 Å². The lowest BCUT2D eigenvalue weighted by Gasteiger charge is -2.20. The first-order valence-electron chi connectivity index (χ1n) is 7.07. The van der Waals surface area contributed by atoms with Crippen LogP contribution in [0.2, 0.25) is 0 Å². The molecule has 0 aliphatic heterocycles. The molecule has 22 heavy (non-hydrogen) atoms. The van der Waals surface area contributed by atoms with Gasteiger partial charge in [-0.3, -0.25) is 0 Å². The Morgan fingerprint density at radius 1 is 1.14 bits per heavy atom. The second-order valence-electron chi connectivity index (χ2n) is 4.86. The minimum atomic E-state index is 0. The molecule has 0 aliphatic carbocycles. The smallest absolute Gasteiger partial charge is 0.147 e. The molecule has 3 rings (SSSR count). The molecule has 1 atom stereocenters. The summed E-state index contributed by atoms with van der Waals surface area (Å²) in [4.78, 5) is 4.42. The van der Waals surface area contributed by atoms with Gasteiger partial charge < -0.3 is 10.1 Å².